The van der Waals surface area contributed by atoms with Crippen molar-refractivity contribution in [3.8, 4) is 0 Å². The van der Waals surface area contributed by atoms with Crippen LogP contribution in [0.3, 0.4) is 0 Å². The molecule has 17 heavy (non-hydrogen) atoms. The molecule has 1 amide bonds. The Kier molecular flexibility index (Phi) is 5.36. The molecule has 1 heterocycles. The molecule has 5 heteroatoms. The summed E-state index contributed by atoms with van der Waals surface area (Å²) in [6.45, 7) is 6.23. The van der Waals surface area contributed by atoms with Gasteiger partial charge in [0.2, 0.25) is 5.91 Å². The Labute approximate surface area is 105 Å². The largest absolute Gasteiger partial charge is 0.344 e. The van der Waals surface area contributed by atoms with Crippen LogP contribution in [0.15, 0.2) is 0 Å². The van der Waals surface area contributed by atoms with Gasteiger partial charge in [0.25, 0.3) is 0 Å². The summed E-state index contributed by atoms with van der Waals surface area (Å²) in [7, 11) is 5.97. The lowest BCUT2D eigenvalue weighted by atomic mass is 10.1. The monoisotopic (exact) mass is 242 g/mol. The molecule has 5 nitrogen and oxygen atoms in total. The Balaban J connectivity index is 2.72. The summed E-state index contributed by atoms with van der Waals surface area (Å²) in [6, 6.07) is -0.148. The Morgan fingerprint density at radius 2 is 2.06 bits per heavy atom. The minimum Gasteiger partial charge on any atom is -0.344 e. The molecule has 1 saturated heterocycles. The Morgan fingerprint density at radius 3 is 2.59 bits per heavy atom. The first-order chi connectivity index (χ1) is 7.95. The van der Waals surface area contributed by atoms with Crippen LogP contribution < -0.4 is 5.73 Å². The average molecular weight is 242 g/mol. The highest BCUT2D eigenvalue weighted by atomic mass is 16.2. The topological polar surface area (TPSA) is 52.8 Å². The first-order valence-corrected chi connectivity index (χ1v) is 6.29. The summed E-state index contributed by atoms with van der Waals surface area (Å²) in [5.41, 5.74) is 5.76. The third-order valence-electron chi connectivity index (χ3n) is 3.29. The van der Waals surface area contributed by atoms with E-state index in [-0.39, 0.29) is 11.9 Å². The van der Waals surface area contributed by atoms with Crippen LogP contribution in [0, 0.1) is 5.92 Å². The Morgan fingerprint density at radius 1 is 1.41 bits per heavy atom. The number of hydrogen-bond donors (Lipinski definition) is 1. The van der Waals surface area contributed by atoms with Crippen LogP contribution in [0.2, 0.25) is 0 Å². The van der Waals surface area contributed by atoms with Crippen molar-refractivity contribution >= 4 is 5.91 Å². The molecule has 1 rings (SSSR count). The highest BCUT2D eigenvalue weighted by Crippen LogP contribution is 2.13. The number of carbonyl (C=O) groups is 1. The number of carbonyl (C=O) groups excluding carboxylic acids is 1. The standard InChI is InChI=1S/C12H26N4O/c1-10-8-15(4)12(17)11(7-13)16(9-10)6-5-14(2)3/h10-11H,5-9,13H2,1-4H3. The van der Waals surface area contributed by atoms with Gasteiger partial charge in [0.1, 0.15) is 6.04 Å². The lowest BCUT2D eigenvalue weighted by molar-refractivity contribution is -0.133. The van der Waals surface area contributed by atoms with E-state index < -0.39 is 0 Å². The highest BCUT2D eigenvalue weighted by molar-refractivity contribution is 5.82. The molecule has 0 aromatic heterocycles. The number of amides is 1. The number of rotatable bonds is 4. The molecule has 2 N–H and O–H groups in total. The maximum atomic E-state index is 12.2. The normalized spacial score (nSPS) is 27.6. The van der Waals surface area contributed by atoms with E-state index in [1.165, 1.54) is 0 Å². The molecule has 1 aliphatic heterocycles. The van der Waals surface area contributed by atoms with Gasteiger partial charge < -0.3 is 15.5 Å². The summed E-state index contributed by atoms with van der Waals surface area (Å²) in [4.78, 5) is 18.4. The average Bonchev–Trinajstić information content (AvgIpc) is 2.34. The number of nitrogens with zero attached hydrogens (tertiary/aromatic N) is 3. The van der Waals surface area contributed by atoms with Crippen LogP contribution in [0.5, 0.6) is 0 Å². The van der Waals surface area contributed by atoms with Crippen molar-refractivity contribution < 1.29 is 4.79 Å². The minimum atomic E-state index is -0.148. The summed E-state index contributed by atoms with van der Waals surface area (Å²) < 4.78 is 0. The van der Waals surface area contributed by atoms with E-state index in [4.69, 9.17) is 5.73 Å². The molecule has 0 saturated carbocycles. The highest BCUT2D eigenvalue weighted by Gasteiger charge is 2.32. The molecule has 2 unspecified atom stereocenters. The third kappa shape index (κ3) is 3.94. The molecule has 0 spiro atoms. The van der Waals surface area contributed by atoms with Gasteiger partial charge >= 0.3 is 0 Å². The fourth-order valence-electron chi connectivity index (χ4n) is 2.38. The zero-order valence-electron chi connectivity index (χ0n) is 11.5. The second-order valence-corrected chi connectivity index (χ2v) is 5.37. The molecule has 0 aromatic rings. The van der Waals surface area contributed by atoms with Crippen molar-refractivity contribution in [2.24, 2.45) is 11.7 Å². The van der Waals surface area contributed by atoms with Crippen LogP contribution in [-0.2, 0) is 4.79 Å². The van der Waals surface area contributed by atoms with Gasteiger partial charge in [-0.25, -0.2) is 0 Å². The van der Waals surface area contributed by atoms with Crippen LogP contribution in [0.25, 0.3) is 0 Å². The van der Waals surface area contributed by atoms with Crippen molar-refractivity contribution in [2.75, 3.05) is 53.9 Å². The SMILES string of the molecule is CC1CN(C)C(=O)C(CN)N(CCN(C)C)C1. The maximum Gasteiger partial charge on any atom is 0.240 e. The molecular formula is C12H26N4O. The summed E-state index contributed by atoms with van der Waals surface area (Å²) >= 11 is 0. The van der Waals surface area contributed by atoms with Crippen molar-refractivity contribution in [1.29, 1.82) is 0 Å². The smallest absolute Gasteiger partial charge is 0.240 e. The number of likely N-dealkylation sites (N-methyl/N-ethyl adjacent to an activating group) is 2. The van der Waals surface area contributed by atoms with Gasteiger partial charge in [-0.1, -0.05) is 6.92 Å². The van der Waals surface area contributed by atoms with Gasteiger partial charge in [-0.05, 0) is 20.0 Å². The van der Waals surface area contributed by atoms with Crippen molar-refractivity contribution in [2.45, 2.75) is 13.0 Å². The second-order valence-electron chi connectivity index (χ2n) is 5.37. The van der Waals surface area contributed by atoms with E-state index in [0.717, 1.165) is 26.2 Å². The lowest BCUT2D eigenvalue weighted by Gasteiger charge is -2.30. The fourth-order valence-corrected chi connectivity index (χ4v) is 2.38. The molecule has 0 bridgehead atoms. The minimum absolute atomic E-state index is 0.148. The summed E-state index contributed by atoms with van der Waals surface area (Å²) in [5, 5.41) is 0. The van der Waals surface area contributed by atoms with Gasteiger partial charge in [0.15, 0.2) is 0 Å². The summed E-state index contributed by atoms with van der Waals surface area (Å²) in [5.74, 6) is 0.665. The Bertz CT molecular complexity index is 257. The van der Waals surface area contributed by atoms with Crippen LogP contribution >= 0.6 is 0 Å². The Hall–Kier alpha value is -0.650. The van der Waals surface area contributed by atoms with Gasteiger partial charge in [0, 0.05) is 39.8 Å². The molecule has 100 valence electrons. The van der Waals surface area contributed by atoms with E-state index in [2.05, 4.69) is 16.7 Å². The quantitative estimate of drug-likeness (QED) is 0.707. The molecular weight excluding hydrogens is 216 g/mol. The molecule has 1 aliphatic rings. The van der Waals surface area contributed by atoms with Crippen molar-refractivity contribution in [3.63, 3.8) is 0 Å². The first-order valence-electron chi connectivity index (χ1n) is 6.29. The van der Waals surface area contributed by atoms with Gasteiger partial charge in [-0.3, -0.25) is 9.69 Å². The molecule has 0 aliphatic carbocycles. The van der Waals surface area contributed by atoms with Crippen molar-refractivity contribution in [1.82, 2.24) is 14.7 Å². The molecule has 1 fully saturated rings. The van der Waals surface area contributed by atoms with E-state index >= 15 is 0 Å². The molecule has 0 radical (unpaired) electrons. The second kappa shape index (κ2) is 6.33. The van der Waals surface area contributed by atoms with Crippen LogP contribution in [0.1, 0.15) is 6.92 Å². The third-order valence-corrected chi connectivity index (χ3v) is 3.29. The zero-order valence-corrected chi connectivity index (χ0v) is 11.5. The first kappa shape index (κ1) is 14.4. The van der Waals surface area contributed by atoms with Gasteiger partial charge in [-0.2, -0.15) is 0 Å². The summed E-state index contributed by atoms with van der Waals surface area (Å²) in [6.07, 6.45) is 0. The van der Waals surface area contributed by atoms with Crippen LogP contribution in [0.4, 0.5) is 0 Å². The predicted octanol–water partition coefficient (Wildman–Crippen LogP) is -0.715. The van der Waals surface area contributed by atoms with E-state index in [9.17, 15) is 4.79 Å². The number of nitrogens with two attached hydrogens (primary N) is 1. The maximum absolute atomic E-state index is 12.2. The fraction of sp³-hybridized carbons (Fsp3) is 0.917. The molecule has 2 atom stereocenters. The predicted molar refractivity (Wildman–Crippen MR) is 69.8 cm³/mol. The van der Waals surface area contributed by atoms with E-state index in [0.29, 0.717) is 12.5 Å². The number of hydrogen-bond acceptors (Lipinski definition) is 4. The van der Waals surface area contributed by atoms with Gasteiger partial charge in [-0.15, -0.1) is 0 Å². The zero-order chi connectivity index (χ0) is 13.0. The van der Waals surface area contributed by atoms with E-state index in [1.807, 2.05) is 26.0 Å². The lowest BCUT2D eigenvalue weighted by Crippen LogP contribution is -2.50. The van der Waals surface area contributed by atoms with Crippen molar-refractivity contribution in [3.05, 3.63) is 0 Å². The van der Waals surface area contributed by atoms with Gasteiger partial charge in [0.05, 0.1) is 0 Å². The van der Waals surface area contributed by atoms with Crippen LogP contribution in [-0.4, -0.2) is 80.5 Å². The van der Waals surface area contributed by atoms with E-state index in [1.54, 1.807) is 0 Å². The molecule has 0 aromatic carbocycles.